The second-order valence-corrected chi connectivity index (χ2v) is 7.51. The predicted molar refractivity (Wildman–Crippen MR) is 100 cm³/mol. The Kier molecular flexibility index (Phi) is 6.27. The third-order valence-corrected chi connectivity index (χ3v) is 4.77. The van der Waals surface area contributed by atoms with E-state index < -0.39 is 0 Å². The fourth-order valence-electron chi connectivity index (χ4n) is 3.13. The number of amides is 1. The van der Waals surface area contributed by atoms with E-state index >= 15 is 0 Å². The van der Waals surface area contributed by atoms with Crippen LogP contribution in [0, 0.1) is 5.92 Å². The lowest BCUT2D eigenvalue weighted by Crippen LogP contribution is -2.35. The van der Waals surface area contributed by atoms with Crippen molar-refractivity contribution < 1.29 is 9.32 Å². The monoisotopic (exact) mass is 376 g/mol. The van der Waals surface area contributed by atoms with Crippen LogP contribution >= 0.6 is 11.6 Å². The topological polar surface area (TPSA) is 62.5 Å². The minimum Gasteiger partial charge on any atom is -0.338 e. The Balaban J connectivity index is 1.57. The minimum absolute atomic E-state index is 0.00513. The zero-order chi connectivity index (χ0) is 18.5. The molecule has 1 aromatic carbocycles. The fraction of sp³-hybridized carbons (Fsp3) is 0.526. The van der Waals surface area contributed by atoms with Gasteiger partial charge in [0.2, 0.25) is 5.89 Å². The molecule has 0 saturated carbocycles. The van der Waals surface area contributed by atoms with Crippen molar-refractivity contribution >= 4 is 17.5 Å². The van der Waals surface area contributed by atoms with Crippen molar-refractivity contribution in [3.8, 4) is 0 Å². The molecule has 3 rings (SSSR count). The summed E-state index contributed by atoms with van der Waals surface area (Å²) >= 11 is 6.17. The Morgan fingerprint density at radius 1 is 1.23 bits per heavy atom. The van der Waals surface area contributed by atoms with Crippen LogP contribution in [-0.4, -0.2) is 52.0 Å². The molecule has 0 bridgehead atoms. The highest BCUT2D eigenvalue weighted by atomic mass is 35.5. The molecule has 1 aliphatic rings. The molecule has 1 aliphatic heterocycles. The van der Waals surface area contributed by atoms with Crippen LogP contribution in [0.5, 0.6) is 0 Å². The normalized spacial score (nSPS) is 16.1. The molecule has 1 saturated heterocycles. The molecule has 2 heterocycles. The summed E-state index contributed by atoms with van der Waals surface area (Å²) in [7, 11) is 0. The number of benzene rings is 1. The van der Waals surface area contributed by atoms with Crippen LogP contribution in [0.1, 0.15) is 42.3 Å². The van der Waals surface area contributed by atoms with Gasteiger partial charge in [0, 0.05) is 32.6 Å². The molecule has 0 aliphatic carbocycles. The highest BCUT2D eigenvalue weighted by Gasteiger charge is 2.22. The van der Waals surface area contributed by atoms with Gasteiger partial charge in [-0.3, -0.25) is 9.69 Å². The van der Waals surface area contributed by atoms with Crippen LogP contribution in [0.25, 0.3) is 0 Å². The van der Waals surface area contributed by atoms with Crippen molar-refractivity contribution in [1.29, 1.82) is 0 Å². The quantitative estimate of drug-likeness (QED) is 0.801. The highest BCUT2D eigenvalue weighted by Crippen LogP contribution is 2.18. The second-order valence-electron chi connectivity index (χ2n) is 7.10. The predicted octanol–water partition coefficient (Wildman–Crippen LogP) is 3.27. The molecule has 7 heteroatoms. The van der Waals surface area contributed by atoms with Gasteiger partial charge >= 0.3 is 0 Å². The summed E-state index contributed by atoms with van der Waals surface area (Å²) in [5.41, 5.74) is 0.567. The zero-order valence-corrected chi connectivity index (χ0v) is 16.1. The lowest BCUT2D eigenvalue weighted by atomic mass is 10.1. The Bertz CT molecular complexity index is 747. The van der Waals surface area contributed by atoms with Gasteiger partial charge in [0.1, 0.15) is 0 Å². The second kappa shape index (κ2) is 8.64. The first-order valence-corrected chi connectivity index (χ1v) is 9.48. The van der Waals surface area contributed by atoms with Gasteiger partial charge < -0.3 is 9.42 Å². The zero-order valence-electron chi connectivity index (χ0n) is 15.3. The average Bonchev–Trinajstić information content (AvgIpc) is 2.89. The van der Waals surface area contributed by atoms with E-state index in [0.717, 1.165) is 38.3 Å². The lowest BCUT2D eigenvalue weighted by Gasteiger charge is -2.21. The molecule has 140 valence electrons. The average molecular weight is 377 g/mol. The summed E-state index contributed by atoms with van der Waals surface area (Å²) in [4.78, 5) is 21.3. The third kappa shape index (κ3) is 4.83. The van der Waals surface area contributed by atoms with Crippen LogP contribution < -0.4 is 0 Å². The lowest BCUT2D eigenvalue weighted by molar-refractivity contribution is 0.0760. The number of carbonyl (C=O) groups excluding carboxylic acids is 1. The van der Waals surface area contributed by atoms with Gasteiger partial charge in [-0.1, -0.05) is 42.7 Å². The van der Waals surface area contributed by atoms with Crippen molar-refractivity contribution in [2.24, 2.45) is 5.92 Å². The molecule has 1 amide bonds. The number of aromatic nitrogens is 2. The van der Waals surface area contributed by atoms with E-state index in [2.05, 4.69) is 28.9 Å². The van der Waals surface area contributed by atoms with Crippen molar-refractivity contribution in [2.45, 2.75) is 33.2 Å². The van der Waals surface area contributed by atoms with Crippen molar-refractivity contribution in [2.75, 3.05) is 26.2 Å². The van der Waals surface area contributed by atoms with E-state index in [9.17, 15) is 4.79 Å². The van der Waals surface area contributed by atoms with Gasteiger partial charge in [0.05, 0.1) is 17.1 Å². The number of halogens is 1. The maximum atomic E-state index is 12.7. The Morgan fingerprint density at radius 2 is 2.04 bits per heavy atom. The molecule has 0 unspecified atom stereocenters. The summed E-state index contributed by atoms with van der Waals surface area (Å²) in [5, 5.41) is 4.55. The molecule has 26 heavy (non-hydrogen) atoms. The van der Waals surface area contributed by atoms with Gasteiger partial charge in [0.15, 0.2) is 5.82 Å². The molecular weight excluding hydrogens is 352 g/mol. The molecule has 0 spiro atoms. The SMILES string of the molecule is CC(C)Cc1noc(CN2CCCN(C(=O)c3ccccc3Cl)CC2)n1. The van der Waals surface area contributed by atoms with E-state index in [0.29, 0.717) is 35.5 Å². The molecule has 2 aromatic rings. The van der Waals surface area contributed by atoms with Crippen molar-refractivity contribution in [3.63, 3.8) is 0 Å². The summed E-state index contributed by atoms with van der Waals surface area (Å²) in [6.07, 6.45) is 1.73. The van der Waals surface area contributed by atoms with Crippen LogP contribution in [-0.2, 0) is 13.0 Å². The third-order valence-electron chi connectivity index (χ3n) is 4.44. The molecule has 1 fully saturated rings. The number of nitrogens with zero attached hydrogens (tertiary/aromatic N) is 4. The first-order valence-electron chi connectivity index (χ1n) is 9.10. The van der Waals surface area contributed by atoms with Gasteiger partial charge in [-0.2, -0.15) is 4.98 Å². The summed E-state index contributed by atoms with van der Waals surface area (Å²) in [5.74, 6) is 1.91. The van der Waals surface area contributed by atoms with Gasteiger partial charge in [-0.15, -0.1) is 0 Å². The van der Waals surface area contributed by atoms with Gasteiger partial charge in [0.25, 0.3) is 5.91 Å². The maximum absolute atomic E-state index is 12.7. The smallest absolute Gasteiger partial charge is 0.255 e. The number of rotatable bonds is 5. The molecular formula is C19H25ClN4O2. The Morgan fingerprint density at radius 3 is 2.81 bits per heavy atom. The van der Waals surface area contributed by atoms with Crippen LogP contribution in [0.4, 0.5) is 0 Å². The molecule has 0 radical (unpaired) electrons. The van der Waals surface area contributed by atoms with E-state index in [-0.39, 0.29) is 5.91 Å². The molecule has 0 atom stereocenters. The summed E-state index contributed by atoms with van der Waals surface area (Å²) < 4.78 is 5.37. The van der Waals surface area contributed by atoms with Crippen LogP contribution in [0.3, 0.4) is 0 Å². The summed E-state index contributed by atoms with van der Waals surface area (Å²) in [6, 6.07) is 7.21. The minimum atomic E-state index is -0.00513. The van der Waals surface area contributed by atoms with E-state index in [1.165, 1.54) is 0 Å². The molecule has 0 N–H and O–H groups in total. The first kappa shape index (κ1) is 18.9. The fourth-order valence-corrected chi connectivity index (χ4v) is 3.35. The number of hydrogen-bond acceptors (Lipinski definition) is 5. The summed E-state index contributed by atoms with van der Waals surface area (Å²) in [6.45, 7) is 7.95. The number of hydrogen-bond donors (Lipinski definition) is 0. The first-order chi connectivity index (χ1) is 12.5. The Labute approximate surface area is 159 Å². The molecule has 6 nitrogen and oxygen atoms in total. The maximum Gasteiger partial charge on any atom is 0.255 e. The van der Waals surface area contributed by atoms with Crippen molar-refractivity contribution in [1.82, 2.24) is 19.9 Å². The Hall–Kier alpha value is -1.92. The van der Waals surface area contributed by atoms with E-state index in [1.54, 1.807) is 12.1 Å². The number of carbonyl (C=O) groups is 1. The van der Waals surface area contributed by atoms with Crippen molar-refractivity contribution in [3.05, 3.63) is 46.6 Å². The van der Waals surface area contributed by atoms with Gasteiger partial charge in [-0.05, 0) is 24.5 Å². The van der Waals surface area contributed by atoms with Gasteiger partial charge in [-0.25, -0.2) is 0 Å². The van der Waals surface area contributed by atoms with E-state index in [1.807, 2.05) is 17.0 Å². The standard InChI is InChI=1S/C19H25ClN4O2/c1-14(2)12-17-21-18(26-22-17)13-23-8-5-9-24(11-10-23)19(25)15-6-3-4-7-16(15)20/h3-4,6-7,14H,5,8-13H2,1-2H3. The largest absolute Gasteiger partial charge is 0.338 e. The van der Waals surface area contributed by atoms with Crippen LogP contribution in [0.15, 0.2) is 28.8 Å². The highest BCUT2D eigenvalue weighted by molar-refractivity contribution is 6.33. The van der Waals surface area contributed by atoms with Crippen LogP contribution in [0.2, 0.25) is 5.02 Å². The molecule has 1 aromatic heterocycles. The van der Waals surface area contributed by atoms with E-state index in [4.69, 9.17) is 16.1 Å².